The molecule has 9 aromatic carbocycles. The summed E-state index contributed by atoms with van der Waals surface area (Å²) in [6.07, 6.45) is 0. The van der Waals surface area contributed by atoms with Crippen LogP contribution >= 0.6 is 0 Å². The molecule has 1 atom stereocenters. The lowest BCUT2D eigenvalue weighted by Crippen LogP contribution is -2.33. The maximum absolute atomic E-state index is 6.68. The van der Waals surface area contributed by atoms with Gasteiger partial charge in [-0.05, 0) is 86.5 Å². The van der Waals surface area contributed by atoms with Crippen molar-refractivity contribution in [3.63, 3.8) is 0 Å². The number of aromatic nitrogens is 2. The lowest BCUT2D eigenvalue weighted by atomic mass is 9.65. The summed E-state index contributed by atoms with van der Waals surface area (Å²) in [6, 6.07) is 79.6. The molecule has 1 aliphatic carbocycles. The van der Waals surface area contributed by atoms with E-state index in [-0.39, 0.29) is 0 Å². The average Bonchev–Trinajstić information content (AvgIpc) is 4.01. The van der Waals surface area contributed by atoms with Crippen molar-refractivity contribution in [2.24, 2.45) is 0 Å². The van der Waals surface area contributed by atoms with Crippen LogP contribution in [-0.4, -0.2) is 9.55 Å². The van der Waals surface area contributed by atoms with Gasteiger partial charge in [0.05, 0.1) is 33.5 Å². The van der Waals surface area contributed by atoms with Crippen molar-refractivity contribution in [2.45, 2.75) is 5.41 Å². The first kappa shape index (κ1) is 34.4. The maximum Gasteiger partial charge on any atom is 0.143 e. The lowest BCUT2D eigenvalue weighted by Gasteiger charge is -2.39. The van der Waals surface area contributed by atoms with Gasteiger partial charge in [0, 0.05) is 38.2 Å². The van der Waals surface area contributed by atoms with Gasteiger partial charge in [-0.25, -0.2) is 4.98 Å². The lowest BCUT2D eigenvalue weighted by molar-refractivity contribution is 0.670. The summed E-state index contributed by atoms with van der Waals surface area (Å²) in [5.74, 6) is 0. The fourth-order valence-electron chi connectivity index (χ4n) is 11.2. The van der Waals surface area contributed by atoms with Crippen molar-refractivity contribution >= 4 is 43.7 Å². The molecule has 4 heterocycles. The molecule has 2 aliphatic rings. The fraction of sp³-hybridized carbons (Fsp3) is 0.0167. The molecule has 14 rings (SSSR count). The van der Waals surface area contributed by atoms with E-state index in [1.54, 1.807) is 0 Å². The molecule has 0 radical (unpaired) electrons. The molecule has 3 aromatic heterocycles. The minimum absolute atomic E-state index is 0.621. The number of furan rings is 1. The molecule has 63 heavy (non-hydrogen) atoms. The molecular weight excluding hydrogens is 765 g/mol. The van der Waals surface area contributed by atoms with Gasteiger partial charge in [0.15, 0.2) is 0 Å². The normalized spacial score (nSPS) is 14.7. The summed E-state index contributed by atoms with van der Waals surface area (Å²) in [7, 11) is 0. The minimum atomic E-state index is -0.621. The largest absolute Gasteiger partial charge is 0.455 e. The zero-order valence-electron chi connectivity index (χ0n) is 34.1. The smallest absolute Gasteiger partial charge is 0.143 e. The van der Waals surface area contributed by atoms with Crippen molar-refractivity contribution in [1.82, 2.24) is 9.55 Å². The number of rotatable bonds is 4. The van der Waals surface area contributed by atoms with E-state index in [4.69, 9.17) is 9.40 Å². The van der Waals surface area contributed by atoms with Gasteiger partial charge in [-0.15, -0.1) is 0 Å². The first-order valence-corrected chi connectivity index (χ1v) is 21.7. The maximum atomic E-state index is 6.68. The molecule has 0 N–H and O–H groups in total. The summed E-state index contributed by atoms with van der Waals surface area (Å²) < 4.78 is 9.19. The van der Waals surface area contributed by atoms with Gasteiger partial charge in [-0.3, -0.25) is 0 Å². The number of nitrogens with zero attached hydrogens (tertiary/aromatic N) is 2. The van der Waals surface area contributed by atoms with Gasteiger partial charge in [0.1, 0.15) is 11.2 Å². The van der Waals surface area contributed by atoms with Crippen LogP contribution in [0.15, 0.2) is 223 Å². The van der Waals surface area contributed by atoms with E-state index in [0.29, 0.717) is 0 Å². The first-order chi connectivity index (χ1) is 31.3. The second-order valence-electron chi connectivity index (χ2n) is 16.9. The van der Waals surface area contributed by atoms with Crippen molar-refractivity contribution < 1.29 is 4.42 Å². The number of para-hydroxylation sites is 5. The summed E-state index contributed by atoms with van der Waals surface area (Å²) in [5.41, 5.74) is 20.9. The van der Waals surface area contributed by atoms with E-state index in [1.165, 1.54) is 60.9 Å². The molecule has 0 fully saturated rings. The first-order valence-electron chi connectivity index (χ1n) is 21.7. The van der Waals surface area contributed by atoms with Crippen molar-refractivity contribution in [2.75, 3.05) is 0 Å². The van der Waals surface area contributed by atoms with Crippen LogP contribution in [0.1, 0.15) is 22.3 Å². The van der Waals surface area contributed by atoms with Crippen molar-refractivity contribution in [1.29, 1.82) is 0 Å². The van der Waals surface area contributed by atoms with Gasteiger partial charge in [0.2, 0.25) is 0 Å². The average molecular weight is 801 g/mol. The van der Waals surface area contributed by atoms with Gasteiger partial charge < -0.3 is 8.98 Å². The Morgan fingerprint density at radius 3 is 1.92 bits per heavy atom. The highest BCUT2D eigenvalue weighted by molar-refractivity contribution is 6.14. The minimum Gasteiger partial charge on any atom is -0.455 e. The molecule has 1 spiro atoms. The molecule has 3 nitrogen and oxygen atoms in total. The Morgan fingerprint density at radius 2 is 1.03 bits per heavy atom. The Hall–Kier alpha value is -8.27. The Labute approximate surface area is 363 Å². The van der Waals surface area contributed by atoms with E-state index in [1.807, 2.05) is 6.07 Å². The molecule has 292 valence electrons. The molecule has 0 saturated carbocycles. The highest BCUT2D eigenvalue weighted by atomic mass is 16.3. The van der Waals surface area contributed by atoms with Crippen LogP contribution in [0, 0.1) is 0 Å². The van der Waals surface area contributed by atoms with Gasteiger partial charge in [-0.1, -0.05) is 182 Å². The van der Waals surface area contributed by atoms with Crippen LogP contribution in [0.4, 0.5) is 0 Å². The molecule has 0 bridgehead atoms. The van der Waals surface area contributed by atoms with Crippen LogP contribution < -0.4 is 0 Å². The number of fused-ring (bicyclic) bond motifs is 15. The number of pyridine rings is 1. The highest BCUT2D eigenvalue weighted by Gasteiger charge is 2.51. The summed E-state index contributed by atoms with van der Waals surface area (Å²) in [4.78, 5) is 5.56. The van der Waals surface area contributed by atoms with Crippen molar-refractivity contribution in [3.8, 4) is 61.6 Å². The van der Waals surface area contributed by atoms with E-state index < -0.39 is 5.41 Å². The predicted molar refractivity (Wildman–Crippen MR) is 258 cm³/mol. The molecule has 0 saturated heterocycles. The SMILES string of the molecule is c1ccc(-c2cc(-c3ccccc3)nc(-c3cccc4c3-c3cc(-c5cccc6c5oc5ccccc56)ccc3C43c4ccccc4-n4c5ccccc5c5cccc3c54)c2)cc1. The summed E-state index contributed by atoms with van der Waals surface area (Å²) in [5, 5.41) is 4.78. The standard InChI is InChI=1S/C60H36N2O/c1-3-16-37(17-4-1)40-35-52(38-18-5-2-6-19-38)61-53(36-40)46-25-15-27-50-57(46)47-34-39(41-22-13-24-45-43-21-8-12-31-56(43)63-59(41)45)32-33-48(47)60(50)49-26-9-11-30-55(49)62-54-29-10-7-20-42(54)44-23-14-28-51(60)58(44)62/h1-36H. The van der Waals surface area contributed by atoms with Gasteiger partial charge in [0.25, 0.3) is 0 Å². The van der Waals surface area contributed by atoms with E-state index in [9.17, 15) is 0 Å². The van der Waals surface area contributed by atoms with Crippen LogP contribution in [0.2, 0.25) is 0 Å². The Balaban J connectivity index is 1.12. The molecule has 1 unspecified atom stereocenters. The van der Waals surface area contributed by atoms with Crippen LogP contribution in [-0.2, 0) is 5.41 Å². The second-order valence-corrected chi connectivity index (χ2v) is 16.9. The fourth-order valence-corrected chi connectivity index (χ4v) is 11.2. The summed E-state index contributed by atoms with van der Waals surface area (Å²) in [6.45, 7) is 0. The third kappa shape index (κ3) is 4.66. The Morgan fingerprint density at radius 1 is 0.381 bits per heavy atom. The molecule has 0 amide bonds. The molecule has 12 aromatic rings. The van der Waals surface area contributed by atoms with E-state index in [2.05, 4.69) is 217 Å². The zero-order valence-corrected chi connectivity index (χ0v) is 34.1. The number of hydrogen-bond acceptors (Lipinski definition) is 2. The topological polar surface area (TPSA) is 31.0 Å². The number of hydrogen-bond donors (Lipinski definition) is 0. The molecular formula is C60H36N2O. The van der Waals surface area contributed by atoms with Gasteiger partial charge in [-0.2, -0.15) is 0 Å². The van der Waals surface area contributed by atoms with Crippen molar-refractivity contribution in [3.05, 3.63) is 241 Å². The van der Waals surface area contributed by atoms with Crippen LogP contribution in [0.5, 0.6) is 0 Å². The van der Waals surface area contributed by atoms with Crippen LogP contribution in [0.3, 0.4) is 0 Å². The van der Waals surface area contributed by atoms with Crippen LogP contribution in [0.25, 0.3) is 105 Å². The van der Waals surface area contributed by atoms with E-state index in [0.717, 1.165) is 66.7 Å². The third-order valence-corrected chi connectivity index (χ3v) is 13.8. The zero-order chi connectivity index (χ0) is 41.2. The molecule has 3 heteroatoms. The summed E-state index contributed by atoms with van der Waals surface area (Å²) >= 11 is 0. The van der Waals surface area contributed by atoms with Gasteiger partial charge >= 0.3 is 0 Å². The molecule has 1 aliphatic heterocycles. The Kier molecular flexibility index (Phi) is 7.04. The quantitative estimate of drug-likeness (QED) is 0.177. The number of benzene rings is 9. The highest BCUT2D eigenvalue weighted by Crippen LogP contribution is 2.63. The monoisotopic (exact) mass is 800 g/mol. The third-order valence-electron chi connectivity index (χ3n) is 13.8. The second kappa shape index (κ2) is 12.9. The predicted octanol–water partition coefficient (Wildman–Crippen LogP) is 15.4. The Bertz CT molecular complexity index is 3800. The van der Waals surface area contributed by atoms with E-state index >= 15 is 0 Å².